The molecule has 0 saturated carbocycles. The maximum atomic E-state index is 12.3. The van der Waals surface area contributed by atoms with E-state index in [1.165, 1.54) is 4.90 Å². The number of nitrogens with zero attached hydrogens (tertiary/aromatic N) is 2. The number of aliphatic hydroxyl groups excluding tert-OH is 1. The molecule has 0 spiro atoms. The van der Waals surface area contributed by atoms with Crippen LogP contribution in [0.4, 0.5) is 0 Å². The van der Waals surface area contributed by atoms with Crippen molar-refractivity contribution in [3.8, 4) is 5.75 Å². The molecule has 5 nitrogen and oxygen atoms in total. The normalized spacial score (nSPS) is 11.8. The molecule has 1 atom stereocenters. The Bertz CT molecular complexity index is 601. The Kier molecular flexibility index (Phi) is 4.90. The van der Waals surface area contributed by atoms with Crippen molar-refractivity contribution in [1.29, 1.82) is 0 Å². The number of hydrogen-bond donors (Lipinski definition) is 1. The minimum atomic E-state index is -1.21. The first-order valence-corrected chi connectivity index (χ1v) is 6.57. The standard InChI is InChI=1S/C16H18N2O3/c1-18(11-12-5-4-8-17-10-12)16(20)15(19)13-6-3-7-14(9-13)21-2/h3-10,15,19H,11H2,1-2H3. The molecule has 2 rings (SSSR count). The number of aliphatic hydroxyl groups is 1. The number of carbonyl (C=O) groups is 1. The molecule has 0 bridgehead atoms. The number of aromatic nitrogens is 1. The highest BCUT2D eigenvalue weighted by atomic mass is 16.5. The lowest BCUT2D eigenvalue weighted by atomic mass is 10.1. The molecule has 0 aliphatic rings. The van der Waals surface area contributed by atoms with Crippen LogP contribution in [-0.4, -0.2) is 35.1 Å². The third-order valence-corrected chi connectivity index (χ3v) is 3.16. The number of carbonyl (C=O) groups excluding carboxylic acids is 1. The fraction of sp³-hybridized carbons (Fsp3) is 0.250. The van der Waals surface area contributed by atoms with Gasteiger partial charge in [0.15, 0.2) is 6.10 Å². The molecule has 0 radical (unpaired) electrons. The summed E-state index contributed by atoms with van der Waals surface area (Å²) in [7, 11) is 3.20. The zero-order valence-corrected chi connectivity index (χ0v) is 12.1. The lowest BCUT2D eigenvalue weighted by molar-refractivity contribution is -0.139. The topological polar surface area (TPSA) is 62.7 Å². The number of methoxy groups -OCH3 is 1. The Labute approximate surface area is 123 Å². The minimum Gasteiger partial charge on any atom is -0.497 e. The summed E-state index contributed by atoms with van der Waals surface area (Å²) in [6.45, 7) is 0.397. The van der Waals surface area contributed by atoms with Gasteiger partial charge in [0.25, 0.3) is 5.91 Å². The van der Waals surface area contributed by atoms with E-state index in [0.717, 1.165) is 5.56 Å². The molecule has 1 aromatic carbocycles. The molecule has 0 aliphatic heterocycles. The highest BCUT2D eigenvalue weighted by Gasteiger charge is 2.21. The SMILES string of the molecule is COc1cccc(C(O)C(=O)N(C)Cc2cccnc2)c1. The molecule has 1 heterocycles. The van der Waals surface area contributed by atoms with Crippen LogP contribution in [0, 0.1) is 0 Å². The van der Waals surface area contributed by atoms with Gasteiger partial charge in [-0.25, -0.2) is 0 Å². The minimum absolute atomic E-state index is 0.368. The lowest BCUT2D eigenvalue weighted by Crippen LogP contribution is -2.31. The van der Waals surface area contributed by atoms with Crippen molar-refractivity contribution in [3.63, 3.8) is 0 Å². The zero-order valence-electron chi connectivity index (χ0n) is 12.1. The zero-order chi connectivity index (χ0) is 15.2. The van der Waals surface area contributed by atoms with Crippen molar-refractivity contribution >= 4 is 5.91 Å². The molecule has 21 heavy (non-hydrogen) atoms. The number of likely N-dealkylation sites (N-methyl/N-ethyl adjacent to an activating group) is 1. The van der Waals surface area contributed by atoms with Crippen LogP contribution in [0.15, 0.2) is 48.8 Å². The first-order valence-electron chi connectivity index (χ1n) is 6.57. The average molecular weight is 286 g/mol. The molecule has 110 valence electrons. The van der Waals surface area contributed by atoms with E-state index in [-0.39, 0.29) is 5.91 Å². The Balaban J connectivity index is 2.07. The van der Waals surface area contributed by atoms with Gasteiger partial charge in [0.1, 0.15) is 5.75 Å². The fourth-order valence-electron chi connectivity index (χ4n) is 2.01. The number of ether oxygens (including phenoxy) is 1. The molecule has 1 amide bonds. The van der Waals surface area contributed by atoms with Gasteiger partial charge >= 0.3 is 0 Å². The predicted octanol–water partition coefficient (Wildman–Crippen LogP) is 1.78. The summed E-state index contributed by atoms with van der Waals surface area (Å²) in [5.74, 6) is 0.237. The highest BCUT2D eigenvalue weighted by Crippen LogP contribution is 2.21. The quantitative estimate of drug-likeness (QED) is 0.910. The van der Waals surface area contributed by atoms with E-state index in [1.807, 2.05) is 12.1 Å². The number of amides is 1. The van der Waals surface area contributed by atoms with Crippen LogP contribution in [0.3, 0.4) is 0 Å². The first kappa shape index (κ1) is 15.0. The summed E-state index contributed by atoms with van der Waals surface area (Å²) in [6.07, 6.45) is 2.17. The molecule has 1 aromatic heterocycles. The number of pyridine rings is 1. The van der Waals surface area contributed by atoms with Crippen LogP contribution in [0.2, 0.25) is 0 Å². The molecule has 1 unspecified atom stereocenters. The van der Waals surface area contributed by atoms with Gasteiger partial charge < -0.3 is 14.7 Å². The van der Waals surface area contributed by atoms with Gasteiger partial charge in [0.05, 0.1) is 7.11 Å². The smallest absolute Gasteiger partial charge is 0.256 e. The fourth-order valence-corrected chi connectivity index (χ4v) is 2.01. The van der Waals surface area contributed by atoms with Gasteiger partial charge in [-0.05, 0) is 29.3 Å². The van der Waals surface area contributed by atoms with E-state index in [4.69, 9.17) is 4.74 Å². The number of hydrogen-bond acceptors (Lipinski definition) is 4. The maximum Gasteiger partial charge on any atom is 0.256 e. The molecule has 0 saturated heterocycles. The van der Waals surface area contributed by atoms with Crippen LogP contribution >= 0.6 is 0 Å². The van der Waals surface area contributed by atoms with Gasteiger partial charge in [-0.1, -0.05) is 18.2 Å². The van der Waals surface area contributed by atoms with Gasteiger partial charge in [0, 0.05) is 26.0 Å². The Morgan fingerprint density at radius 3 is 2.86 bits per heavy atom. The van der Waals surface area contributed by atoms with E-state index in [2.05, 4.69) is 4.98 Å². The number of benzene rings is 1. The van der Waals surface area contributed by atoms with Crippen LogP contribution in [0.25, 0.3) is 0 Å². The second kappa shape index (κ2) is 6.85. The van der Waals surface area contributed by atoms with Crippen molar-refractivity contribution in [3.05, 3.63) is 59.9 Å². The summed E-state index contributed by atoms with van der Waals surface area (Å²) in [4.78, 5) is 17.7. The number of rotatable bonds is 5. The largest absolute Gasteiger partial charge is 0.497 e. The van der Waals surface area contributed by atoms with Crippen molar-refractivity contribution < 1.29 is 14.6 Å². The summed E-state index contributed by atoms with van der Waals surface area (Å²) in [5, 5.41) is 10.2. The monoisotopic (exact) mass is 286 g/mol. The van der Waals surface area contributed by atoms with E-state index in [1.54, 1.807) is 50.8 Å². The van der Waals surface area contributed by atoms with Crippen molar-refractivity contribution in [2.75, 3.05) is 14.2 Å². The lowest BCUT2D eigenvalue weighted by Gasteiger charge is -2.21. The van der Waals surface area contributed by atoms with E-state index in [0.29, 0.717) is 17.9 Å². The summed E-state index contributed by atoms with van der Waals surface area (Å²) in [5.41, 5.74) is 1.42. The summed E-state index contributed by atoms with van der Waals surface area (Å²) >= 11 is 0. The first-order chi connectivity index (χ1) is 10.1. The van der Waals surface area contributed by atoms with Crippen LogP contribution in [0.1, 0.15) is 17.2 Å². The highest BCUT2D eigenvalue weighted by molar-refractivity contribution is 5.81. The Morgan fingerprint density at radius 2 is 2.19 bits per heavy atom. The molecule has 2 aromatic rings. The van der Waals surface area contributed by atoms with Gasteiger partial charge in [-0.15, -0.1) is 0 Å². The Morgan fingerprint density at radius 1 is 1.38 bits per heavy atom. The van der Waals surface area contributed by atoms with Gasteiger partial charge in [0.2, 0.25) is 0 Å². The third-order valence-electron chi connectivity index (χ3n) is 3.16. The average Bonchev–Trinajstić information content (AvgIpc) is 2.54. The van der Waals surface area contributed by atoms with Crippen LogP contribution < -0.4 is 4.74 Å². The van der Waals surface area contributed by atoms with E-state index in [9.17, 15) is 9.90 Å². The van der Waals surface area contributed by atoms with Crippen LogP contribution in [0.5, 0.6) is 5.75 Å². The molecule has 5 heteroatoms. The second-order valence-electron chi connectivity index (χ2n) is 4.73. The summed E-state index contributed by atoms with van der Waals surface area (Å²) < 4.78 is 5.10. The van der Waals surface area contributed by atoms with Crippen LogP contribution in [-0.2, 0) is 11.3 Å². The summed E-state index contributed by atoms with van der Waals surface area (Å²) in [6, 6.07) is 10.6. The maximum absolute atomic E-state index is 12.3. The third kappa shape index (κ3) is 3.79. The van der Waals surface area contributed by atoms with Crippen molar-refractivity contribution in [2.24, 2.45) is 0 Å². The van der Waals surface area contributed by atoms with Gasteiger partial charge in [-0.3, -0.25) is 9.78 Å². The predicted molar refractivity (Wildman–Crippen MR) is 78.7 cm³/mol. The van der Waals surface area contributed by atoms with Crippen molar-refractivity contribution in [1.82, 2.24) is 9.88 Å². The molecular weight excluding hydrogens is 268 g/mol. The Hall–Kier alpha value is -2.40. The second-order valence-corrected chi connectivity index (χ2v) is 4.73. The molecule has 1 N–H and O–H groups in total. The molecular formula is C16H18N2O3. The van der Waals surface area contributed by atoms with Gasteiger partial charge in [-0.2, -0.15) is 0 Å². The van der Waals surface area contributed by atoms with E-state index >= 15 is 0 Å². The van der Waals surface area contributed by atoms with E-state index < -0.39 is 6.10 Å². The molecule has 0 fully saturated rings. The van der Waals surface area contributed by atoms with Crippen molar-refractivity contribution in [2.45, 2.75) is 12.6 Å². The molecule has 0 aliphatic carbocycles.